The molecule has 10 aromatic rings. The zero-order valence-corrected chi connectivity index (χ0v) is 35.2. The maximum absolute atomic E-state index is 2.58. The second-order valence-corrected chi connectivity index (χ2v) is 19.3. The van der Waals surface area contributed by atoms with Gasteiger partial charge in [-0.15, -0.1) is 0 Å². The van der Waals surface area contributed by atoms with Crippen molar-refractivity contribution in [2.45, 2.75) is 20.1 Å². The maximum Gasteiger partial charge on any atom is -0.0238 e. The first-order valence-corrected chi connectivity index (χ1v) is 23.6. The fourth-order valence-electron chi connectivity index (χ4n) is 9.50. The summed E-state index contributed by atoms with van der Waals surface area (Å²) in [4.78, 5) is 0. The molecule has 0 bridgehead atoms. The molecular formula is C56H42N2Zr. The second kappa shape index (κ2) is 15.5. The molecule has 0 amide bonds. The van der Waals surface area contributed by atoms with Crippen LogP contribution in [0.5, 0.6) is 0 Å². The summed E-state index contributed by atoms with van der Waals surface area (Å²) in [5.74, 6) is 0. The van der Waals surface area contributed by atoms with Crippen LogP contribution in [0.25, 0.3) is 67.2 Å². The van der Waals surface area contributed by atoms with Crippen LogP contribution in [-0.2, 0) is 36.1 Å². The number of allylic oxidation sites excluding steroid dienone is 2. The van der Waals surface area contributed by atoms with Crippen LogP contribution in [0.2, 0.25) is 0 Å². The van der Waals surface area contributed by atoms with E-state index >= 15 is 0 Å². The van der Waals surface area contributed by atoms with Crippen LogP contribution in [0.1, 0.15) is 40.6 Å². The number of hydrogen-bond donors (Lipinski definition) is 0. The SMILES string of the molecule is C1=C(n2c3ccccc3c3ccccc32)[CH]([Zr][CH]2C(n3c4ccccc4c4ccccc43)=Cc3ccccc32)c2ccccc21.c1ccc(CCc2ccccc2)cc1. The molecule has 2 aromatic heterocycles. The molecule has 0 aliphatic heterocycles. The van der Waals surface area contributed by atoms with Crippen LogP contribution in [0.4, 0.5) is 0 Å². The van der Waals surface area contributed by atoms with Gasteiger partial charge in [-0.05, 0) is 24.0 Å². The number of rotatable bonds is 7. The van der Waals surface area contributed by atoms with Crippen molar-refractivity contribution in [3.63, 3.8) is 0 Å². The van der Waals surface area contributed by atoms with Gasteiger partial charge in [0.15, 0.2) is 0 Å². The molecule has 0 fully saturated rings. The second-order valence-electron chi connectivity index (χ2n) is 15.6. The van der Waals surface area contributed by atoms with Crippen molar-refractivity contribution >= 4 is 67.2 Å². The van der Waals surface area contributed by atoms with Crippen LogP contribution in [0.15, 0.2) is 206 Å². The number of nitrogens with zero attached hydrogens (tertiary/aromatic N) is 2. The van der Waals surface area contributed by atoms with Gasteiger partial charge in [0.1, 0.15) is 0 Å². The molecule has 0 saturated heterocycles. The van der Waals surface area contributed by atoms with Crippen molar-refractivity contribution in [2.75, 3.05) is 0 Å². The Bertz CT molecular complexity index is 2880. The molecule has 3 heteroatoms. The first-order valence-electron chi connectivity index (χ1n) is 20.7. The van der Waals surface area contributed by atoms with E-state index in [1.54, 1.807) is 0 Å². The van der Waals surface area contributed by atoms with E-state index in [1.807, 2.05) is 0 Å². The third kappa shape index (κ3) is 6.46. The molecule has 59 heavy (non-hydrogen) atoms. The number of aromatic nitrogens is 2. The summed E-state index contributed by atoms with van der Waals surface area (Å²) in [6.07, 6.45) is 7.24. The van der Waals surface area contributed by atoms with Gasteiger partial charge in [0.25, 0.3) is 0 Å². The quantitative estimate of drug-likeness (QED) is 0.151. The fourth-order valence-corrected chi connectivity index (χ4v) is 14.4. The van der Waals surface area contributed by atoms with E-state index in [9.17, 15) is 0 Å². The summed E-state index contributed by atoms with van der Waals surface area (Å²) >= 11 is -1.24. The minimum atomic E-state index is -1.24. The average Bonchev–Trinajstić information content (AvgIpc) is 4.04. The summed E-state index contributed by atoms with van der Waals surface area (Å²) < 4.78 is 5.97. The van der Waals surface area contributed by atoms with Gasteiger partial charge in [0.05, 0.1) is 0 Å². The zero-order chi connectivity index (χ0) is 39.1. The third-order valence-electron chi connectivity index (χ3n) is 12.2. The Morgan fingerprint density at radius 3 is 1.00 bits per heavy atom. The van der Waals surface area contributed by atoms with Gasteiger partial charge in [0.2, 0.25) is 0 Å². The van der Waals surface area contributed by atoms with Crippen molar-refractivity contribution < 1.29 is 23.2 Å². The van der Waals surface area contributed by atoms with Gasteiger partial charge in [-0.1, -0.05) is 60.7 Å². The standard InChI is InChI=1S/2C21H14N.C14H14.Zr/c2*1-2-8-16-14-17(13-15(16)7-1)22-20-11-5-3-9-18(20)19-10-4-6-12-21(19)22;1-3-7-13(8-4-1)11-12-14-9-5-2-6-10-14;/h2*1-14H;1-10H,11-12H2;. The molecule has 2 nitrogen and oxygen atoms in total. The van der Waals surface area contributed by atoms with Crippen LogP contribution in [0, 0.1) is 0 Å². The summed E-state index contributed by atoms with van der Waals surface area (Å²) in [6.45, 7) is 0. The molecule has 280 valence electrons. The van der Waals surface area contributed by atoms with Crippen LogP contribution < -0.4 is 0 Å². The van der Waals surface area contributed by atoms with Gasteiger partial charge in [-0.3, -0.25) is 0 Å². The summed E-state index contributed by atoms with van der Waals surface area (Å²) in [6, 6.07) is 75.3. The molecule has 12 rings (SSSR count). The van der Waals surface area contributed by atoms with Crippen LogP contribution >= 0.6 is 0 Å². The molecule has 2 heterocycles. The number of fused-ring (bicyclic) bond motifs is 8. The van der Waals surface area contributed by atoms with E-state index in [-0.39, 0.29) is 0 Å². The van der Waals surface area contributed by atoms with Gasteiger partial charge < -0.3 is 0 Å². The predicted molar refractivity (Wildman–Crippen MR) is 246 cm³/mol. The first-order chi connectivity index (χ1) is 29.3. The van der Waals surface area contributed by atoms with E-state index in [0.717, 1.165) is 12.8 Å². The topological polar surface area (TPSA) is 9.86 Å². The molecule has 0 N–H and O–H groups in total. The summed E-state index contributed by atoms with van der Waals surface area (Å²) in [5, 5.41) is 5.30. The normalized spacial score (nSPS) is 15.5. The Balaban J connectivity index is 0.000000241. The van der Waals surface area contributed by atoms with Crippen molar-refractivity contribution in [1.29, 1.82) is 0 Å². The molecule has 0 radical (unpaired) electrons. The van der Waals surface area contributed by atoms with Gasteiger partial charge >= 0.3 is 275 Å². The van der Waals surface area contributed by atoms with Crippen LogP contribution in [-0.4, -0.2) is 9.13 Å². The van der Waals surface area contributed by atoms with E-state index in [4.69, 9.17) is 0 Å². The average molecular weight is 834 g/mol. The van der Waals surface area contributed by atoms with E-state index in [0.29, 0.717) is 7.25 Å². The Hall–Kier alpha value is -6.28. The Kier molecular flexibility index (Phi) is 9.41. The van der Waals surface area contributed by atoms with Gasteiger partial charge in [0, 0.05) is 0 Å². The third-order valence-corrected chi connectivity index (χ3v) is 16.8. The first kappa shape index (κ1) is 35.9. The summed E-state index contributed by atoms with van der Waals surface area (Å²) in [7, 11) is 0. The van der Waals surface area contributed by atoms with E-state index in [1.165, 1.54) is 88.4 Å². The Labute approximate surface area is 357 Å². The van der Waals surface area contributed by atoms with Gasteiger partial charge in [-0.2, -0.15) is 0 Å². The predicted octanol–water partition coefficient (Wildman–Crippen LogP) is 14.3. The van der Waals surface area contributed by atoms with E-state index < -0.39 is 23.2 Å². The minimum absolute atomic E-state index is 0.400. The monoisotopic (exact) mass is 832 g/mol. The molecule has 2 aliphatic carbocycles. The molecule has 2 unspecified atom stereocenters. The van der Waals surface area contributed by atoms with E-state index in [2.05, 4.69) is 228 Å². The zero-order valence-electron chi connectivity index (χ0n) is 32.7. The van der Waals surface area contributed by atoms with Crippen molar-refractivity contribution in [1.82, 2.24) is 9.13 Å². The molecule has 0 spiro atoms. The number of aryl methyl sites for hydroxylation is 2. The Morgan fingerprint density at radius 2 is 0.627 bits per heavy atom. The maximum atomic E-state index is 2.58. The largest absolute Gasteiger partial charge is 0.0622 e. The molecule has 2 aliphatic rings. The number of benzene rings is 8. The van der Waals surface area contributed by atoms with Crippen molar-refractivity contribution in [3.8, 4) is 0 Å². The van der Waals surface area contributed by atoms with Gasteiger partial charge in [-0.25, -0.2) is 0 Å². The molecule has 2 atom stereocenters. The minimum Gasteiger partial charge on any atom is -0.0622 e. The molecule has 0 saturated carbocycles. The van der Waals surface area contributed by atoms with Crippen LogP contribution in [0.3, 0.4) is 0 Å². The Morgan fingerprint density at radius 1 is 0.322 bits per heavy atom. The number of hydrogen-bond acceptors (Lipinski definition) is 0. The molecular weight excluding hydrogens is 792 g/mol. The van der Waals surface area contributed by atoms with Crippen molar-refractivity contribution in [2.24, 2.45) is 0 Å². The molecule has 8 aromatic carbocycles. The smallest absolute Gasteiger partial charge is 0.0238 e. The summed E-state index contributed by atoms with van der Waals surface area (Å²) in [5.41, 5.74) is 16.6. The fraction of sp³-hybridized carbons (Fsp3) is 0.0714. The van der Waals surface area contributed by atoms with Crippen molar-refractivity contribution in [3.05, 3.63) is 240 Å². The number of para-hydroxylation sites is 4.